The first kappa shape index (κ1) is 31.2. The Morgan fingerprint density at radius 2 is 1.81 bits per heavy atom. The lowest BCUT2D eigenvalue weighted by Gasteiger charge is -2.35. The van der Waals surface area contributed by atoms with Gasteiger partial charge in [0.25, 0.3) is 0 Å². The SMILES string of the molecule is CCC(C)(C)NC(=O)C(c1cccc(OC)c1OC)N(Cc1ccc2c(c1)OCO2)C(=O)CCC(=O)Nc1cc(C)on1. The lowest BCUT2D eigenvalue weighted by atomic mass is 9.97. The Kier molecular flexibility index (Phi) is 9.79. The van der Waals surface area contributed by atoms with Crippen molar-refractivity contribution < 1.29 is 37.9 Å². The van der Waals surface area contributed by atoms with Crippen LogP contribution >= 0.6 is 0 Å². The predicted molar refractivity (Wildman–Crippen MR) is 157 cm³/mol. The number of amides is 3. The van der Waals surface area contributed by atoms with Gasteiger partial charge in [0.2, 0.25) is 24.5 Å². The van der Waals surface area contributed by atoms with E-state index < -0.39 is 29.3 Å². The molecule has 43 heavy (non-hydrogen) atoms. The smallest absolute Gasteiger partial charge is 0.248 e. The van der Waals surface area contributed by atoms with E-state index in [1.54, 1.807) is 49.4 Å². The Hall–Kier alpha value is -4.74. The fourth-order valence-electron chi connectivity index (χ4n) is 4.62. The average molecular weight is 595 g/mol. The molecule has 2 heterocycles. The monoisotopic (exact) mass is 594 g/mol. The molecule has 1 unspecified atom stereocenters. The summed E-state index contributed by atoms with van der Waals surface area (Å²) >= 11 is 0. The van der Waals surface area contributed by atoms with E-state index in [4.69, 9.17) is 23.5 Å². The molecule has 2 aromatic carbocycles. The number of carbonyl (C=O) groups excluding carboxylic acids is 3. The van der Waals surface area contributed by atoms with Gasteiger partial charge in [-0.15, -0.1) is 0 Å². The molecule has 0 bridgehead atoms. The maximum atomic E-state index is 14.1. The highest BCUT2D eigenvalue weighted by atomic mass is 16.7. The minimum absolute atomic E-state index is 0.0323. The van der Waals surface area contributed by atoms with Crippen LogP contribution < -0.4 is 29.6 Å². The fraction of sp³-hybridized carbons (Fsp3) is 0.419. The topological polar surface area (TPSA) is 141 Å². The van der Waals surface area contributed by atoms with Crippen LogP contribution in [0.1, 0.15) is 63.0 Å². The van der Waals surface area contributed by atoms with Crippen molar-refractivity contribution in [3.8, 4) is 23.0 Å². The van der Waals surface area contributed by atoms with Crippen LogP contribution in [0.25, 0.3) is 0 Å². The molecular formula is C31H38N4O8. The summed E-state index contributed by atoms with van der Waals surface area (Å²) in [5, 5.41) is 9.48. The summed E-state index contributed by atoms with van der Waals surface area (Å²) < 4.78 is 27.2. The van der Waals surface area contributed by atoms with Crippen molar-refractivity contribution >= 4 is 23.5 Å². The molecule has 4 rings (SSSR count). The van der Waals surface area contributed by atoms with E-state index >= 15 is 0 Å². The van der Waals surface area contributed by atoms with E-state index in [0.717, 1.165) is 0 Å². The van der Waals surface area contributed by atoms with E-state index in [1.165, 1.54) is 19.1 Å². The van der Waals surface area contributed by atoms with E-state index in [2.05, 4.69) is 15.8 Å². The second-order valence-electron chi connectivity index (χ2n) is 10.8. The van der Waals surface area contributed by atoms with Crippen molar-refractivity contribution in [2.24, 2.45) is 0 Å². The van der Waals surface area contributed by atoms with Gasteiger partial charge in [-0.05, 0) is 51.0 Å². The zero-order valence-electron chi connectivity index (χ0n) is 25.3. The highest BCUT2D eigenvalue weighted by Crippen LogP contribution is 2.39. The number of nitrogens with one attached hydrogen (secondary N) is 2. The first-order valence-corrected chi connectivity index (χ1v) is 14.0. The maximum absolute atomic E-state index is 14.1. The Morgan fingerprint density at radius 3 is 2.49 bits per heavy atom. The van der Waals surface area contributed by atoms with Gasteiger partial charge in [0.15, 0.2) is 28.8 Å². The fourth-order valence-corrected chi connectivity index (χ4v) is 4.62. The van der Waals surface area contributed by atoms with Crippen LogP contribution in [0.5, 0.6) is 23.0 Å². The average Bonchev–Trinajstić information content (AvgIpc) is 3.63. The number of anilines is 1. The molecule has 1 aliphatic heterocycles. The van der Waals surface area contributed by atoms with Gasteiger partial charge >= 0.3 is 0 Å². The summed E-state index contributed by atoms with van der Waals surface area (Å²) in [5.74, 6) is 1.40. The number of nitrogens with zero attached hydrogens (tertiary/aromatic N) is 2. The number of methoxy groups -OCH3 is 2. The highest BCUT2D eigenvalue weighted by molar-refractivity contribution is 5.94. The van der Waals surface area contributed by atoms with Crippen LogP contribution in [0, 0.1) is 6.92 Å². The van der Waals surface area contributed by atoms with Gasteiger partial charge in [-0.25, -0.2) is 0 Å². The molecular weight excluding hydrogens is 556 g/mol. The number of hydrogen-bond acceptors (Lipinski definition) is 9. The zero-order valence-corrected chi connectivity index (χ0v) is 25.3. The first-order chi connectivity index (χ1) is 20.5. The normalized spacial score (nSPS) is 12.8. The van der Waals surface area contributed by atoms with Gasteiger partial charge in [0, 0.05) is 36.6 Å². The van der Waals surface area contributed by atoms with E-state index in [1.807, 2.05) is 20.8 Å². The molecule has 1 aromatic heterocycles. The molecule has 3 amide bonds. The Morgan fingerprint density at radius 1 is 1.05 bits per heavy atom. The van der Waals surface area contributed by atoms with Crippen molar-refractivity contribution in [1.82, 2.24) is 15.4 Å². The zero-order chi connectivity index (χ0) is 31.1. The molecule has 1 atom stereocenters. The summed E-state index contributed by atoms with van der Waals surface area (Å²) in [5.41, 5.74) is 0.572. The Labute approximate surface area is 250 Å². The van der Waals surface area contributed by atoms with E-state index in [9.17, 15) is 14.4 Å². The molecule has 0 saturated carbocycles. The molecule has 0 aliphatic carbocycles. The van der Waals surface area contributed by atoms with Gasteiger partial charge in [0.1, 0.15) is 11.8 Å². The van der Waals surface area contributed by atoms with Crippen LogP contribution in [-0.4, -0.2) is 54.3 Å². The number of ether oxygens (including phenoxy) is 4. The summed E-state index contributed by atoms with van der Waals surface area (Å²) in [6.07, 6.45) is 0.325. The van der Waals surface area contributed by atoms with Gasteiger partial charge in [-0.2, -0.15) is 0 Å². The third kappa shape index (κ3) is 7.56. The van der Waals surface area contributed by atoms with Crippen molar-refractivity contribution in [3.63, 3.8) is 0 Å². The van der Waals surface area contributed by atoms with Crippen molar-refractivity contribution in [3.05, 3.63) is 59.4 Å². The van der Waals surface area contributed by atoms with Crippen LogP contribution in [0.3, 0.4) is 0 Å². The largest absolute Gasteiger partial charge is 0.493 e. The van der Waals surface area contributed by atoms with Crippen LogP contribution in [-0.2, 0) is 20.9 Å². The summed E-state index contributed by atoms with van der Waals surface area (Å²) in [7, 11) is 2.98. The number of para-hydroxylation sites is 1. The first-order valence-electron chi connectivity index (χ1n) is 14.0. The molecule has 12 heteroatoms. The maximum Gasteiger partial charge on any atom is 0.248 e. The van der Waals surface area contributed by atoms with Crippen molar-refractivity contribution in [2.45, 2.75) is 65.1 Å². The number of benzene rings is 2. The predicted octanol–water partition coefficient (Wildman–Crippen LogP) is 4.52. The molecule has 1 aliphatic rings. The van der Waals surface area contributed by atoms with Gasteiger partial charge in [-0.1, -0.05) is 30.3 Å². The summed E-state index contributed by atoms with van der Waals surface area (Å²) in [6.45, 7) is 7.61. The molecule has 230 valence electrons. The molecule has 0 saturated heterocycles. The molecule has 3 aromatic rings. The Balaban J connectivity index is 1.72. The minimum Gasteiger partial charge on any atom is -0.493 e. The number of aryl methyl sites for hydroxylation is 1. The lowest BCUT2D eigenvalue weighted by molar-refractivity contribution is -0.143. The minimum atomic E-state index is -1.13. The molecule has 2 N–H and O–H groups in total. The third-order valence-corrected chi connectivity index (χ3v) is 7.21. The number of hydrogen-bond donors (Lipinski definition) is 2. The quantitative estimate of drug-likeness (QED) is 0.292. The molecule has 0 fully saturated rings. The summed E-state index contributed by atoms with van der Waals surface area (Å²) in [6, 6.07) is 11.0. The summed E-state index contributed by atoms with van der Waals surface area (Å²) in [4.78, 5) is 42.4. The van der Waals surface area contributed by atoms with E-state index in [0.29, 0.717) is 46.3 Å². The van der Waals surface area contributed by atoms with Crippen LogP contribution in [0.2, 0.25) is 0 Å². The van der Waals surface area contributed by atoms with Crippen molar-refractivity contribution in [1.29, 1.82) is 0 Å². The van der Waals surface area contributed by atoms with Gasteiger partial charge < -0.3 is 39.0 Å². The van der Waals surface area contributed by atoms with Gasteiger partial charge in [-0.3, -0.25) is 14.4 Å². The second kappa shape index (κ2) is 13.5. The number of fused-ring (bicyclic) bond motifs is 1. The number of carbonyl (C=O) groups is 3. The molecule has 0 spiro atoms. The standard InChI is InChI=1S/C31H38N4O8/c1-7-31(3,4)33-30(38)28(21-9-8-10-23(39-5)29(21)40-6)35(17-20-11-12-22-24(16-20)42-18-41-22)27(37)14-13-26(36)32-25-15-19(2)43-34-25/h8-12,15-16,28H,7,13-14,17-18H2,1-6H3,(H,33,38)(H,32,34,36). The molecule has 0 radical (unpaired) electrons. The molecule has 12 nitrogen and oxygen atoms in total. The van der Waals surface area contributed by atoms with Crippen molar-refractivity contribution in [2.75, 3.05) is 26.3 Å². The number of aromatic nitrogens is 1. The lowest BCUT2D eigenvalue weighted by Crippen LogP contribution is -2.50. The number of rotatable bonds is 13. The van der Waals surface area contributed by atoms with Crippen LogP contribution in [0.15, 0.2) is 47.0 Å². The third-order valence-electron chi connectivity index (χ3n) is 7.21. The Bertz CT molecular complexity index is 1470. The second-order valence-corrected chi connectivity index (χ2v) is 10.8. The van der Waals surface area contributed by atoms with Gasteiger partial charge in [0.05, 0.1) is 14.2 Å². The highest BCUT2D eigenvalue weighted by Gasteiger charge is 2.37. The van der Waals surface area contributed by atoms with E-state index in [-0.39, 0.29) is 32.0 Å². The van der Waals surface area contributed by atoms with Crippen LogP contribution in [0.4, 0.5) is 5.82 Å².